The third kappa shape index (κ3) is 6.06. The lowest BCUT2D eigenvalue weighted by molar-refractivity contribution is 0.0602. The molecule has 0 bridgehead atoms. The summed E-state index contributed by atoms with van der Waals surface area (Å²) in [6.45, 7) is 6.02. The van der Waals surface area contributed by atoms with Crippen molar-refractivity contribution in [1.29, 1.82) is 0 Å². The summed E-state index contributed by atoms with van der Waals surface area (Å²) in [5.41, 5.74) is 3.85. The first-order valence-corrected chi connectivity index (χ1v) is 11.2. The van der Waals surface area contributed by atoms with Gasteiger partial charge in [-0.05, 0) is 35.4 Å². The zero-order valence-corrected chi connectivity index (χ0v) is 18.9. The number of anilines is 1. The van der Waals surface area contributed by atoms with E-state index in [0.29, 0.717) is 16.8 Å². The van der Waals surface area contributed by atoms with Gasteiger partial charge in [-0.2, -0.15) is 0 Å². The van der Waals surface area contributed by atoms with Crippen molar-refractivity contribution in [3.63, 3.8) is 0 Å². The van der Waals surface area contributed by atoms with Crippen molar-refractivity contribution >= 4 is 17.6 Å². The standard InChI is InChI=1S/C27H29N3O3/c1-33-27(32)24-9-5-6-10-25(24)28-26(31)23-13-11-22(12-14-23)20-30-17-15-29(16-18-30)19-21-7-3-2-4-8-21/h2-14H,15-20H2,1H3,(H,28,31). The van der Waals surface area contributed by atoms with Crippen LogP contribution in [-0.4, -0.2) is 55.0 Å². The molecule has 6 heteroatoms. The molecule has 1 aliphatic heterocycles. The lowest BCUT2D eigenvalue weighted by Gasteiger charge is -2.34. The Hall–Kier alpha value is -3.48. The zero-order valence-electron chi connectivity index (χ0n) is 18.9. The SMILES string of the molecule is COC(=O)c1ccccc1NC(=O)c1ccc(CN2CCN(Cc3ccccc3)CC2)cc1. The van der Waals surface area contributed by atoms with Crippen LogP contribution in [0.25, 0.3) is 0 Å². The predicted octanol–water partition coefficient (Wildman–Crippen LogP) is 4.04. The lowest BCUT2D eigenvalue weighted by Crippen LogP contribution is -2.45. The summed E-state index contributed by atoms with van der Waals surface area (Å²) in [5, 5.41) is 2.81. The fourth-order valence-electron chi connectivity index (χ4n) is 4.04. The maximum absolute atomic E-state index is 12.7. The maximum Gasteiger partial charge on any atom is 0.339 e. The number of esters is 1. The van der Waals surface area contributed by atoms with E-state index >= 15 is 0 Å². The van der Waals surface area contributed by atoms with Crippen molar-refractivity contribution in [1.82, 2.24) is 9.80 Å². The molecule has 1 fully saturated rings. The Morgan fingerprint density at radius 3 is 1.91 bits per heavy atom. The number of nitrogens with zero attached hydrogens (tertiary/aromatic N) is 2. The van der Waals surface area contributed by atoms with Crippen molar-refractivity contribution in [2.45, 2.75) is 13.1 Å². The van der Waals surface area contributed by atoms with Gasteiger partial charge < -0.3 is 10.1 Å². The minimum absolute atomic E-state index is 0.257. The Kier molecular flexibility index (Phi) is 7.50. The van der Waals surface area contributed by atoms with Crippen molar-refractivity contribution < 1.29 is 14.3 Å². The number of hydrogen-bond donors (Lipinski definition) is 1. The summed E-state index contributed by atoms with van der Waals surface area (Å²) in [6.07, 6.45) is 0. The van der Waals surface area contributed by atoms with E-state index in [4.69, 9.17) is 4.74 Å². The monoisotopic (exact) mass is 443 g/mol. The van der Waals surface area contributed by atoms with Gasteiger partial charge in [0.05, 0.1) is 18.4 Å². The number of para-hydroxylation sites is 1. The molecule has 4 rings (SSSR count). The van der Waals surface area contributed by atoms with E-state index in [0.717, 1.165) is 39.3 Å². The van der Waals surface area contributed by atoms with Crippen molar-refractivity contribution in [2.75, 3.05) is 38.6 Å². The van der Waals surface area contributed by atoms with E-state index in [1.807, 2.05) is 24.3 Å². The molecule has 6 nitrogen and oxygen atoms in total. The number of ether oxygens (including phenoxy) is 1. The minimum atomic E-state index is -0.481. The second kappa shape index (κ2) is 10.9. The molecule has 33 heavy (non-hydrogen) atoms. The first-order chi connectivity index (χ1) is 16.1. The maximum atomic E-state index is 12.7. The first kappa shape index (κ1) is 22.7. The summed E-state index contributed by atoms with van der Waals surface area (Å²) in [5.74, 6) is -0.738. The predicted molar refractivity (Wildman–Crippen MR) is 129 cm³/mol. The summed E-state index contributed by atoms with van der Waals surface area (Å²) in [6, 6.07) is 25.1. The van der Waals surface area contributed by atoms with Gasteiger partial charge >= 0.3 is 5.97 Å². The Bertz CT molecular complexity index is 1080. The van der Waals surface area contributed by atoms with E-state index in [1.54, 1.807) is 24.3 Å². The molecule has 3 aromatic rings. The van der Waals surface area contributed by atoms with Gasteiger partial charge in [-0.1, -0.05) is 54.6 Å². The highest BCUT2D eigenvalue weighted by Gasteiger charge is 2.18. The number of carbonyl (C=O) groups is 2. The van der Waals surface area contributed by atoms with Gasteiger partial charge in [0.25, 0.3) is 5.91 Å². The minimum Gasteiger partial charge on any atom is -0.465 e. The molecule has 0 spiro atoms. The van der Waals surface area contributed by atoms with Gasteiger partial charge in [0.1, 0.15) is 0 Å². The summed E-state index contributed by atoms with van der Waals surface area (Å²) < 4.78 is 4.79. The summed E-state index contributed by atoms with van der Waals surface area (Å²) >= 11 is 0. The smallest absolute Gasteiger partial charge is 0.339 e. The molecule has 0 aromatic heterocycles. The molecule has 170 valence electrons. The molecule has 0 unspecified atom stereocenters. The van der Waals surface area contributed by atoms with Gasteiger partial charge in [0, 0.05) is 44.8 Å². The number of rotatable bonds is 7. The molecule has 1 aliphatic rings. The first-order valence-electron chi connectivity index (χ1n) is 11.2. The van der Waals surface area contributed by atoms with Gasteiger partial charge in [-0.15, -0.1) is 0 Å². The highest BCUT2D eigenvalue weighted by atomic mass is 16.5. The van der Waals surface area contributed by atoms with E-state index < -0.39 is 5.97 Å². The van der Waals surface area contributed by atoms with E-state index in [9.17, 15) is 9.59 Å². The average Bonchev–Trinajstić information content (AvgIpc) is 2.86. The molecule has 0 aliphatic carbocycles. The molecule has 0 saturated carbocycles. The van der Waals surface area contributed by atoms with Gasteiger partial charge in [-0.3, -0.25) is 14.6 Å². The molecule has 0 radical (unpaired) electrons. The third-order valence-corrected chi connectivity index (χ3v) is 5.92. The number of benzene rings is 3. The topological polar surface area (TPSA) is 61.9 Å². The number of nitrogens with one attached hydrogen (secondary N) is 1. The fourth-order valence-corrected chi connectivity index (χ4v) is 4.04. The van der Waals surface area contributed by atoms with Crippen LogP contribution in [-0.2, 0) is 17.8 Å². The Morgan fingerprint density at radius 2 is 1.30 bits per heavy atom. The van der Waals surface area contributed by atoms with Crippen LogP contribution in [0, 0.1) is 0 Å². The second-order valence-corrected chi connectivity index (χ2v) is 8.23. The van der Waals surface area contributed by atoms with Crippen LogP contribution in [0.15, 0.2) is 78.9 Å². The Morgan fingerprint density at radius 1 is 0.758 bits per heavy atom. The molecule has 3 aromatic carbocycles. The molecule has 1 saturated heterocycles. The molecule has 0 atom stereocenters. The van der Waals surface area contributed by atoms with Crippen LogP contribution in [0.3, 0.4) is 0 Å². The lowest BCUT2D eigenvalue weighted by atomic mass is 10.1. The average molecular weight is 444 g/mol. The summed E-state index contributed by atoms with van der Waals surface area (Å²) in [4.78, 5) is 29.5. The number of carbonyl (C=O) groups excluding carboxylic acids is 2. The molecular weight excluding hydrogens is 414 g/mol. The molecular formula is C27H29N3O3. The third-order valence-electron chi connectivity index (χ3n) is 5.92. The second-order valence-electron chi connectivity index (χ2n) is 8.23. The van der Waals surface area contributed by atoms with Crippen molar-refractivity contribution in [3.8, 4) is 0 Å². The fraction of sp³-hybridized carbons (Fsp3) is 0.259. The Labute approximate surface area is 194 Å². The quantitative estimate of drug-likeness (QED) is 0.559. The van der Waals surface area contributed by atoms with Crippen LogP contribution >= 0.6 is 0 Å². The number of piperazine rings is 1. The van der Waals surface area contributed by atoms with E-state index in [1.165, 1.54) is 18.2 Å². The van der Waals surface area contributed by atoms with Crippen LogP contribution in [0.5, 0.6) is 0 Å². The van der Waals surface area contributed by atoms with Gasteiger partial charge in [0.15, 0.2) is 0 Å². The van der Waals surface area contributed by atoms with E-state index in [2.05, 4.69) is 45.4 Å². The number of amides is 1. The van der Waals surface area contributed by atoms with Crippen LogP contribution in [0.2, 0.25) is 0 Å². The van der Waals surface area contributed by atoms with Crippen LogP contribution in [0.1, 0.15) is 31.8 Å². The molecule has 1 amide bonds. The van der Waals surface area contributed by atoms with Gasteiger partial charge in [-0.25, -0.2) is 4.79 Å². The summed E-state index contributed by atoms with van der Waals surface area (Å²) in [7, 11) is 1.32. The van der Waals surface area contributed by atoms with E-state index in [-0.39, 0.29) is 5.91 Å². The largest absolute Gasteiger partial charge is 0.465 e. The highest BCUT2D eigenvalue weighted by molar-refractivity contribution is 6.08. The molecule has 1 heterocycles. The van der Waals surface area contributed by atoms with Crippen molar-refractivity contribution in [3.05, 3.63) is 101 Å². The normalized spacial score (nSPS) is 14.6. The number of hydrogen-bond acceptors (Lipinski definition) is 5. The van der Waals surface area contributed by atoms with Crippen LogP contribution in [0.4, 0.5) is 5.69 Å². The Balaban J connectivity index is 1.29. The van der Waals surface area contributed by atoms with Gasteiger partial charge in [0.2, 0.25) is 0 Å². The highest BCUT2D eigenvalue weighted by Crippen LogP contribution is 2.18. The van der Waals surface area contributed by atoms with Crippen molar-refractivity contribution in [2.24, 2.45) is 0 Å². The molecule has 1 N–H and O–H groups in total. The van der Waals surface area contributed by atoms with Crippen LogP contribution < -0.4 is 5.32 Å². The zero-order chi connectivity index (χ0) is 23.0. The number of methoxy groups -OCH3 is 1.